The van der Waals surface area contributed by atoms with Gasteiger partial charge in [-0.25, -0.2) is 0 Å². The zero-order valence-corrected chi connectivity index (χ0v) is 13.2. The van der Waals surface area contributed by atoms with Gasteiger partial charge in [0.25, 0.3) is 11.6 Å². The number of nitro benzene ring substituents is 1. The lowest BCUT2D eigenvalue weighted by atomic mass is 10.2. The van der Waals surface area contributed by atoms with Gasteiger partial charge < -0.3 is 9.32 Å². The Balaban J connectivity index is 2.15. The van der Waals surface area contributed by atoms with E-state index in [0.717, 1.165) is 0 Å². The molecule has 0 aliphatic carbocycles. The maximum Gasteiger partial charge on any atom is 0.287 e. The Morgan fingerprint density at radius 2 is 2.14 bits per heavy atom. The fraction of sp³-hybridized carbons (Fsp3) is 0.154. The Labute approximate surface area is 133 Å². The lowest BCUT2D eigenvalue weighted by Gasteiger charge is -2.15. The Hall–Kier alpha value is -1.86. The first-order valence-corrected chi connectivity index (χ1v) is 6.99. The van der Waals surface area contributed by atoms with Crippen molar-refractivity contribution in [1.82, 2.24) is 4.90 Å². The third-order valence-electron chi connectivity index (χ3n) is 2.76. The van der Waals surface area contributed by atoms with Crippen LogP contribution in [0.2, 0.25) is 5.02 Å². The van der Waals surface area contributed by atoms with Gasteiger partial charge in [-0.05, 0) is 40.2 Å². The molecule has 110 valence electrons. The molecule has 0 radical (unpaired) electrons. The van der Waals surface area contributed by atoms with Crippen LogP contribution in [0.5, 0.6) is 0 Å². The van der Waals surface area contributed by atoms with Gasteiger partial charge in [0.2, 0.25) is 0 Å². The fourth-order valence-corrected chi connectivity index (χ4v) is 2.34. The summed E-state index contributed by atoms with van der Waals surface area (Å²) < 4.78 is 5.90. The largest absolute Gasteiger partial charge is 0.452 e. The Bertz CT molecular complexity index is 701. The normalized spacial score (nSPS) is 10.4. The number of hydrogen-bond donors (Lipinski definition) is 0. The molecule has 1 amide bonds. The standard InChI is InChI=1S/C13H10BrClN2O4/c1-16(7-9-3-5-12(14)21-9)13(18)8-2-4-11(17(19)20)10(15)6-8/h2-6H,7H2,1H3. The molecule has 1 aromatic heterocycles. The molecule has 0 spiro atoms. The van der Waals surface area contributed by atoms with Gasteiger partial charge in [0.1, 0.15) is 10.8 Å². The van der Waals surface area contributed by atoms with Crippen LogP contribution in [-0.2, 0) is 6.54 Å². The van der Waals surface area contributed by atoms with Gasteiger partial charge >= 0.3 is 0 Å². The number of carbonyl (C=O) groups is 1. The molecule has 21 heavy (non-hydrogen) atoms. The van der Waals surface area contributed by atoms with Gasteiger partial charge in [0.15, 0.2) is 4.67 Å². The van der Waals surface area contributed by atoms with E-state index in [2.05, 4.69) is 15.9 Å². The monoisotopic (exact) mass is 372 g/mol. The number of hydrogen-bond acceptors (Lipinski definition) is 4. The average molecular weight is 374 g/mol. The average Bonchev–Trinajstić information content (AvgIpc) is 2.82. The van der Waals surface area contributed by atoms with Gasteiger partial charge in [-0.2, -0.15) is 0 Å². The summed E-state index contributed by atoms with van der Waals surface area (Å²) in [6.45, 7) is 0.277. The number of nitrogens with zero attached hydrogens (tertiary/aromatic N) is 2. The highest BCUT2D eigenvalue weighted by molar-refractivity contribution is 9.10. The van der Waals surface area contributed by atoms with Crippen molar-refractivity contribution in [2.24, 2.45) is 0 Å². The van der Waals surface area contributed by atoms with Crippen molar-refractivity contribution in [3.63, 3.8) is 0 Å². The van der Waals surface area contributed by atoms with Gasteiger partial charge in [-0.3, -0.25) is 14.9 Å². The van der Waals surface area contributed by atoms with Gasteiger partial charge in [0, 0.05) is 18.7 Å². The van der Waals surface area contributed by atoms with Crippen molar-refractivity contribution >= 4 is 39.1 Å². The fourth-order valence-electron chi connectivity index (χ4n) is 1.75. The number of halogens is 2. The molecular formula is C13H10BrClN2O4. The molecule has 0 atom stereocenters. The smallest absolute Gasteiger partial charge is 0.287 e. The van der Waals surface area contributed by atoms with Crippen molar-refractivity contribution in [2.45, 2.75) is 6.54 Å². The molecule has 0 N–H and O–H groups in total. The van der Waals surface area contributed by atoms with E-state index >= 15 is 0 Å². The van der Waals surface area contributed by atoms with Gasteiger partial charge in [-0.15, -0.1) is 0 Å². The van der Waals surface area contributed by atoms with Crippen LogP contribution in [0.3, 0.4) is 0 Å². The highest BCUT2D eigenvalue weighted by Crippen LogP contribution is 2.25. The summed E-state index contributed by atoms with van der Waals surface area (Å²) >= 11 is 8.98. The molecule has 6 nitrogen and oxygen atoms in total. The van der Waals surface area contributed by atoms with E-state index in [-0.39, 0.29) is 28.7 Å². The van der Waals surface area contributed by atoms with Crippen molar-refractivity contribution in [3.8, 4) is 0 Å². The second-order valence-corrected chi connectivity index (χ2v) is 5.48. The molecule has 1 heterocycles. The van der Waals surface area contributed by atoms with Crippen LogP contribution in [0.15, 0.2) is 39.4 Å². The first-order valence-electron chi connectivity index (χ1n) is 5.82. The summed E-state index contributed by atoms with van der Waals surface area (Å²) in [4.78, 5) is 23.8. The van der Waals surface area contributed by atoms with Crippen LogP contribution in [0, 0.1) is 10.1 Å². The third kappa shape index (κ3) is 3.62. The Morgan fingerprint density at radius 1 is 1.43 bits per heavy atom. The lowest BCUT2D eigenvalue weighted by molar-refractivity contribution is -0.384. The minimum Gasteiger partial charge on any atom is -0.452 e. The maximum atomic E-state index is 12.2. The number of benzene rings is 1. The second-order valence-electron chi connectivity index (χ2n) is 4.29. The molecule has 2 aromatic rings. The van der Waals surface area contributed by atoms with E-state index in [0.29, 0.717) is 10.4 Å². The lowest BCUT2D eigenvalue weighted by Crippen LogP contribution is -2.26. The summed E-state index contributed by atoms with van der Waals surface area (Å²) in [6, 6.07) is 7.36. The molecule has 8 heteroatoms. The van der Waals surface area contributed by atoms with E-state index in [1.807, 2.05) is 0 Å². The van der Waals surface area contributed by atoms with E-state index < -0.39 is 4.92 Å². The van der Waals surface area contributed by atoms with E-state index in [9.17, 15) is 14.9 Å². The quantitative estimate of drug-likeness (QED) is 0.602. The minimum atomic E-state index is -0.597. The first kappa shape index (κ1) is 15.5. The molecule has 0 bridgehead atoms. The van der Waals surface area contributed by atoms with Crippen LogP contribution in [0.4, 0.5) is 5.69 Å². The molecule has 0 unspecified atom stereocenters. The summed E-state index contributed by atoms with van der Waals surface area (Å²) in [7, 11) is 1.61. The van der Waals surface area contributed by atoms with E-state index in [1.54, 1.807) is 19.2 Å². The minimum absolute atomic E-state index is 0.0695. The molecule has 0 aliphatic rings. The Kier molecular flexibility index (Phi) is 4.64. The SMILES string of the molecule is CN(Cc1ccc(Br)o1)C(=O)c1ccc([N+](=O)[O-])c(Cl)c1. The highest BCUT2D eigenvalue weighted by atomic mass is 79.9. The number of amides is 1. The highest BCUT2D eigenvalue weighted by Gasteiger charge is 2.18. The van der Waals surface area contributed by atoms with Crippen LogP contribution in [0.1, 0.15) is 16.1 Å². The van der Waals surface area contributed by atoms with Crippen molar-refractivity contribution in [2.75, 3.05) is 7.05 Å². The Morgan fingerprint density at radius 3 is 2.67 bits per heavy atom. The molecule has 2 rings (SSSR count). The first-order chi connectivity index (χ1) is 9.88. The molecule has 0 saturated heterocycles. The van der Waals surface area contributed by atoms with E-state index in [4.69, 9.17) is 16.0 Å². The molecule has 0 aliphatic heterocycles. The number of nitro groups is 1. The van der Waals surface area contributed by atoms with Crippen LogP contribution in [0.25, 0.3) is 0 Å². The van der Waals surface area contributed by atoms with Crippen LogP contribution < -0.4 is 0 Å². The third-order valence-corrected chi connectivity index (χ3v) is 3.49. The van der Waals surface area contributed by atoms with Crippen molar-refractivity contribution < 1.29 is 14.1 Å². The predicted molar refractivity (Wildman–Crippen MR) is 80.3 cm³/mol. The zero-order chi connectivity index (χ0) is 15.6. The number of rotatable bonds is 4. The number of furan rings is 1. The summed E-state index contributed by atoms with van der Waals surface area (Å²) in [6.07, 6.45) is 0. The molecule has 0 fully saturated rings. The zero-order valence-electron chi connectivity index (χ0n) is 10.9. The van der Waals surface area contributed by atoms with Crippen LogP contribution in [-0.4, -0.2) is 22.8 Å². The topological polar surface area (TPSA) is 76.6 Å². The summed E-state index contributed by atoms with van der Waals surface area (Å²) in [5.41, 5.74) is 0.0459. The van der Waals surface area contributed by atoms with Crippen molar-refractivity contribution in [3.05, 3.63) is 61.5 Å². The molecule has 0 saturated carbocycles. The maximum absolute atomic E-state index is 12.2. The predicted octanol–water partition coefficient (Wildman–Crippen LogP) is 3.88. The molecular weight excluding hydrogens is 364 g/mol. The van der Waals surface area contributed by atoms with Gasteiger partial charge in [0.05, 0.1) is 11.5 Å². The molecule has 1 aromatic carbocycles. The van der Waals surface area contributed by atoms with E-state index in [1.165, 1.54) is 23.1 Å². The summed E-state index contributed by atoms with van der Waals surface area (Å²) in [5, 5.41) is 10.6. The van der Waals surface area contributed by atoms with Crippen molar-refractivity contribution in [1.29, 1.82) is 0 Å². The second kappa shape index (κ2) is 6.28. The van der Waals surface area contributed by atoms with Gasteiger partial charge in [-0.1, -0.05) is 11.6 Å². The number of carbonyl (C=O) groups excluding carboxylic acids is 1. The summed E-state index contributed by atoms with van der Waals surface area (Å²) in [5.74, 6) is 0.310. The van der Waals surface area contributed by atoms with Crippen LogP contribution >= 0.6 is 27.5 Å².